The Morgan fingerprint density at radius 1 is 1.56 bits per heavy atom. The van der Waals surface area contributed by atoms with Crippen molar-refractivity contribution < 1.29 is 4.74 Å². The lowest BCUT2D eigenvalue weighted by molar-refractivity contribution is -0.0778. The molecule has 1 aliphatic rings. The van der Waals surface area contributed by atoms with Gasteiger partial charge in [0.25, 0.3) is 0 Å². The maximum Gasteiger partial charge on any atom is 0.0843 e. The molecule has 1 atom stereocenters. The maximum atomic E-state index is 6.46. The van der Waals surface area contributed by atoms with E-state index >= 15 is 0 Å². The molecule has 2 rings (SSSR count). The number of hydrogen-bond donors (Lipinski definition) is 0. The normalized spacial score (nSPS) is 20.5. The highest BCUT2D eigenvalue weighted by Crippen LogP contribution is 2.46. The van der Waals surface area contributed by atoms with Gasteiger partial charge in [-0.3, -0.25) is 0 Å². The Hall–Kier alpha value is 0.910. The quantitative estimate of drug-likeness (QED) is 0.618. The van der Waals surface area contributed by atoms with Gasteiger partial charge in [0.15, 0.2) is 0 Å². The summed E-state index contributed by atoms with van der Waals surface area (Å²) < 4.78 is 7.79. The molecule has 0 radical (unpaired) electrons. The zero-order valence-corrected chi connectivity index (χ0v) is 13.7. The molecule has 1 saturated carbocycles. The Labute approximate surface area is 122 Å². The Kier molecular flexibility index (Phi) is 4.39. The van der Waals surface area contributed by atoms with Crippen LogP contribution >= 0.6 is 54.8 Å². The fourth-order valence-corrected chi connectivity index (χ4v) is 4.55. The molecule has 1 aromatic heterocycles. The fraction of sp³-hybridized carbons (Fsp3) is 0.636. The molecule has 0 saturated heterocycles. The molecule has 0 N–H and O–H groups in total. The van der Waals surface area contributed by atoms with E-state index in [0.717, 1.165) is 27.5 Å². The standard InChI is InChI=1S/C11H13Br2ClOS/c1-15-11(3-2-4-11)6-8(14)9-5-7(12)10(13)16-9/h5,8H,2-4,6H2,1H3. The first kappa shape index (κ1) is 13.3. The monoisotopic (exact) mass is 386 g/mol. The molecular formula is C11H13Br2ClOS. The van der Waals surface area contributed by atoms with E-state index < -0.39 is 0 Å². The van der Waals surface area contributed by atoms with Crippen LogP contribution in [0, 0.1) is 0 Å². The number of rotatable bonds is 4. The van der Waals surface area contributed by atoms with Gasteiger partial charge in [0.2, 0.25) is 0 Å². The highest BCUT2D eigenvalue weighted by Gasteiger charge is 2.39. The SMILES string of the molecule is COC1(CC(Cl)c2cc(Br)c(Br)s2)CCC1. The van der Waals surface area contributed by atoms with Crippen molar-refractivity contribution in [3.63, 3.8) is 0 Å². The number of alkyl halides is 1. The van der Waals surface area contributed by atoms with Gasteiger partial charge in [0.05, 0.1) is 14.8 Å². The molecule has 0 bridgehead atoms. The van der Waals surface area contributed by atoms with Crippen molar-refractivity contribution in [2.75, 3.05) is 7.11 Å². The third kappa shape index (κ3) is 2.66. The van der Waals surface area contributed by atoms with Crippen molar-refractivity contribution in [3.8, 4) is 0 Å². The van der Waals surface area contributed by atoms with Gasteiger partial charge in [-0.15, -0.1) is 22.9 Å². The Bertz CT molecular complexity index is 351. The van der Waals surface area contributed by atoms with E-state index in [2.05, 4.69) is 37.9 Å². The predicted molar refractivity (Wildman–Crippen MR) is 76.5 cm³/mol. The first-order chi connectivity index (χ1) is 7.56. The summed E-state index contributed by atoms with van der Waals surface area (Å²) in [5.41, 5.74) is 0.0371. The van der Waals surface area contributed by atoms with Crippen LogP contribution in [0.3, 0.4) is 0 Å². The summed E-state index contributed by atoms with van der Waals surface area (Å²) in [5, 5.41) is 0.0489. The van der Waals surface area contributed by atoms with Crippen molar-refractivity contribution in [2.45, 2.75) is 36.7 Å². The van der Waals surface area contributed by atoms with Crippen LogP contribution in [0.15, 0.2) is 14.3 Å². The molecule has 1 aliphatic carbocycles. The van der Waals surface area contributed by atoms with Crippen molar-refractivity contribution in [3.05, 3.63) is 19.2 Å². The second-order valence-electron chi connectivity index (χ2n) is 4.18. The minimum absolute atomic E-state index is 0.0371. The Balaban J connectivity index is 2.05. The van der Waals surface area contributed by atoms with Crippen LogP contribution in [-0.2, 0) is 4.74 Å². The van der Waals surface area contributed by atoms with Gasteiger partial charge in [-0.1, -0.05) is 0 Å². The van der Waals surface area contributed by atoms with E-state index in [1.807, 2.05) is 0 Å². The summed E-state index contributed by atoms with van der Waals surface area (Å²) >= 11 is 15.1. The molecule has 1 unspecified atom stereocenters. The predicted octanol–water partition coefficient (Wildman–Crippen LogP) is 5.51. The van der Waals surface area contributed by atoms with Crippen molar-refractivity contribution in [1.29, 1.82) is 0 Å². The van der Waals surface area contributed by atoms with Crippen LogP contribution in [-0.4, -0.2) is 12.7 Å². The van der Waals surface area contributed by atoms with Gasteiger partial charge in [0, 0.05) is 16.5 Å². The maximum absolute atomic E-state index is 6.46. The Morgan fingerprint density at radius 2 is 2.25 bits per heavy atom. The number of ether oxygens (including phenoxy) is 1. The third-order valence-electron chi connectivity index (χ3n) is 3.22. The lowest BCUT2D eigenvalue weighted by atomic mass is 9.76. The van der Waals surface area contributed by atoms with Gasteiger partial charge < -0.3 is 4.74 Å². The zero-order chi connectivity index (χ0) is 11.8. The van der Waals surface area contributed by atoms with Gasteiger partial charge in [-0.05, 0) is 63.6 Å². The molecular weight excluding hydrogens is 375 g/mol. The van der Waals surface area contributed by atoms with Crippen LogP contribution in [0.4, 0.5) is 0 Å². The number of thiophene rings is 1. The first-order valence-corrected chi connectivity index (χ1v) is 8.04. The second-order valence-corrected chi connectivity index (χ2v) is 7.97. The van der Waals surface area contributed by atoms with Crippen LogP contribution in [0.5, 0.6) is 0 Å². The molecule has 0 spiro atoms. The highest BCUT2D eigenvalue weighted by atomic mass is 79.9. The van der Waals surface area contributed by atoms with Gasteiger partial charge in [-0.2, -0.15) is 0 Å². The van der Waals surface area contributed by atoms with E-state index in [9.17, 15) is 0 Å². The summed E-state index contributed by atoms with van der Waals surface area (Å²) in [4.78, 5) is 1.20. The molecule has 0 amide bonds. The van der Waals surface area contributed by atoms with Gasteiger partial charge >= 0.3 is 0 Å². The van der Waals surface area contributed by atoms with Crippen molar-refractivity contribution >= 4 is 54.8 Å². The van der Waals surface area contributed by atoms with E-state index in [0.29, 0.717) is 0 Å². The average Bonchev–Trinajstić information content (AvgIpc) is 2.53. The molecule has 1 nitrogen and oxygen atoms in total. The summed E-state index contributed by atoms with van der Waals surface area (Å²) in [7, 11) is 1.79. The highest BCUT2D eigenvalue weighted by molar-refractivity contribution is 9.13. The minimum Gasteiger partial charge on any atom is -0.378 e. The van der Waals surface area contributed by atoms with Crippen LogP contribution in [0.1, 0.15) is 35.9 Å². The number of methoxy groups -OCH3 is 1. The lowest BCUT2D eigenvalue weighted by Gasteiger charge is -2.41. The van der Waals surface area contributed by atoms with Crippen LogP contribution in [0.2, 0.25) is 0 Å². The van der Waals surface area contributed by atoms with E-state index in [1.165, 1.54) is 11.3 Å². The van der Waals surface area contributed by atoms with E-state index in [-0.39, 0.29) is 11.0 Å². The summed E-state index contributed by atoms with van der Waals surface area (Å²) in [6, 6.07) is 2.09. The van der Waals surface area contributed by atoms with Crippen molar-refractivity contribution in [1.82, 2.24) is 0 Å². The van der Waals surface area contributed by atoms with Gasteiger partial charge in [-0.25, -0.2) is 0 Å². The topological polar surface area (TPSA) is 9.23 Å². The molecule has 0 aliphatic heterocycles. The molecule has 5 heteroatoms. The van der Waals surface area contributed by atoms with Crippen molar-refractivity contribution in [2.24, 2.45) is 0 Å². The second kappa shape index (κ2) is 5.27. The Morgan fingerprint density at radius 3 is 2.62 bits per heavy atom. The van der Waals surface area contributed by atoms with E-state index in [1.54, 1.807) is 18.4 Å². The van der Waals surface area contributed by atoms with E-state index in [4.69, 9.17) is 16.3 Å². The van der Waals surface area contributed by atoms with Crippen LogP contribution in [0.25, 0.3) is 0 Å². The van der Waals surface area contributed by atoms with Crippen LogP contribution < -0.4 is 0 Å². The zero-order valence-electron chi connectivity index (χ0n) is 8.93. The molecule has 1 heterocycles. The summed E-state index contributed by atoms with van der Waals surface area (Å²) in [6.07, 6.45) is 4.45. The first-order valence-electron chi connectivity index (χ1n) is 5.20. The lowest BCUT2D eigenvalue weighted by Crippen LogP contribution is -2.39. The summed E-state index contributed by atoms with van der Waals surface area (Å²) in [6.45, 7) is 0. The molecule has 0 aromatic carbocycles. The molecule has 90 valence electrons. The largest absolute Gasteiger partial charge is 0.378 e. The minimum atomic E-state index is 0.0371. The third-order valence-corrected chi connectivity index (χ3v) is 7.11. The number of hydrogen-bond acceptors (Lipinski definition) is 2. The summed E-state index contributed by atoms with van der Waals surface area (Å²) in [5.74, 6) is 0. The molecule has 1 aromatic rings. The number of halogens is 3. The average molecular weight is 389 g/mol. The fourth-order valence-electron chi connectivity index (χ4n) is 2.01. The van der Waals surface area contributed by atoms with Gasteiger partial charge in [0.1, 0.15) is 0 Å². The molecule has 16 heavy (non-hydrogen) atoms. The smallest absolute Gasteiger partial charge is 0.0843 e. The molecule has 1 fully saturated rings.